The molecule has 0 saturated carbocycles. The van der Waals surface area contributed by atoms with Crippen LogP contribution in [0.4, 0.5) is 0 Å². The number of methoxy groups -OCH3 is 1. The molecule has 0 atom stereocenters. The second kappa shape index (κ2) is 6.07. The molecule has 0 radical (unpaired) electrons. The van der Waals surface area contributed by atoms with E-state index in [9.17, 15) is 0 Å². The number of benzene rings is 2. The van der Waals surface area contributed by atoms with Crippen molar-refractivity contribution in [3.8, 4) is 5.75 Å². The van der Waals surface area contributed by atoms with Crippen molar-refractivity contribution in [3.63, 3.8) is 0 Å². The fraction of sp³-hybridized carbons (Fsp3) is 0.333. The first-order chi connectivity index (χ1) is 8.74. The van der Waals surface area contributed by atoms with E-state index >= 15 is 0 Å². The molecule has 2 N–H and O–H groups in total. The normalized spacial score (nSPS) is 10.8. The Bertz CT molecular complexity index is 539. The van der Waals surface area contributed by atoms with E-state index in [0.717, 1.165) is 47.4 Å². The zero-order valence-electron chi connectivity index (χ0n) is 10.6. The Hall–Kier alpha value is -1.25. The average molecular weight is 264 g/mol. The highest BCUT2D eigenvalue weighted by Crippen LogP contribution is 2.28. The zero-order chi connectivity index (χ0) is 13.0. The van der Waals surface area contributed by atoms with Crippen molar-refractivity contribution in [1.82, 2.24) is 0 Å². The van der Waals surface area contributed by atoms with Crippen LogP contribution in [0.15, 0.2) is 30.3 Å². The lowest BCUT2D eigenvalue weighted by atomic mass is 10.0. The quantitative estimate of drug-likeness (QED) is 0.833. The zero-order valence-corrected chi connectivity index (χ0v) is 11.3. The summed E-state index contributed by atoms with van der Waals surface area (Å²) in [6.07, 6.45) is 3.11. The van der Waals surface area contributed by atoms with Crippen LogP contribution in [0.2, 0.25) is 5.02 Å². The van der Waals surface area contributed by atoms with Gasteiger partial charge in [0.1, 0.15) is 5.75 Å². The summed E-state index contributed by atoms with van der Waals surface area (Å²) in [5.74, 6) is 0.946. The van der Waals surface area contributed by atoms with Crippen molar-refractivity contribution >= 4 is 22.4 Å². The van der Waals surface area contributed by atoms with Crippen LogP contribution in [-0.2, 0) is 6.42 Å². The summed E-state index contributed by atoms with van der Waals surface area (Å²) in [7, 11) is 1.71. The number of unbranched alkanes of at least 4 members (excludes halogenated alkanes) is 1. The highest BCUT2D eigenvalue weighted by molar-refractivity contribution is 6.31. The molecule has 0 aromatic heterocycles. The largest absolute Gasteiger partial charge is 0.496 e. The van der Waals surface area contributed by atoms with Gasteiger partial charge in [0.15, 0.2) is 0 Å². The van der Waals surface area contributed by atoms with Crippen LogP contribution in [0.1, 0.15) is 18.4 Å². The van der Waals surface area contributed by atoms with Crippen molar-refractivity contribution in [2.24, 2.45) is 5.73 Å². The van der Waals surface area contributed by atoms with Gasteiger partial charge in [0.25, 0.3) is 0 Å². The van der Waals surface area contributed by atoms with E-state index in [-0.39, 0.29) is 0 Å². The van der Waals surface area contributed by atoms with Crippen LogP contribution in [0.5, 0.6) is 5.75 Å². The number of aryl methyl sites for hydroxylation is 1. The maximum absolute atomic E-state index is 6.02. The first-order valence-electron chi connectivity index (χ1n) is 6.21. The maximum Gasteiger partial charge on any atom is 0.122 e. The van der Waals surface area contributed by atoms with Crippen LogP contribution in [0.3, 0.4) is 0 Å². The number of hydrogen-bond donors (Lipinski definition) is 1. The number of ether oxygens (including phenoxy) is 1. The van der Waals surface area contributed by atoms with Gasteiger partial charge in [-0.3, -0.25) is 0 Å². The molecule has 3 heteroatoms. The second-order valence-electron chi connectivity index (χ2n) is 4.40. The highest BCUT2D eigenvalue weighted by atomic mass is 35.5. The predicted molar refractivity (Wildman–Crippen MR) is 77.5 cm³/mol. The minimum atomic E-state index is 0.738. The maximum atomic E-state index is 6.02. The Balaban J connectivity index is 2.36. The van der Waals surface area contributed by atoms with Crippen LogP contribution in [-0.4, -0.2) is 13.7 Å². The third-order valence-corrected chi connectivity index (χ3v) is 3.34. The van der Waals surface area contributed by atoms with Crippen LogP contribution < -0.4 is 10.5 Å². The monoisotopic (exact) mass is 263 g/mol. The summed E-state index contributed by atoms with van der Waals surface area (Å²) in [5, 5.41) is 3.07. The van der Waals surface area contributed by atoms with Gasteiger partial charge in [-0.25, -0.2) is 0 Å². The standard InChI is InChI=1S/C15H18ClNO/c1-18-15-10-11-5-6-14(16)9-13(11)8-12(15)4-2-3-7-17/h5-6,8-10H,2-4,7,17H2,1H3. The Labute approximate surface area is 113 Å². The summed E-state index contributed by atoms with van der Waals surface area (Å²) in [4.78, 5) is 0. The molecule has 0 aliphatic heterocycles. The van der Waals surface area contributed by atoms with E-state index in [1.165, 1.54) is 5.56 Å². The van der Waals surface area contributed by atoms with Crippen LogP contribution >= 0.6 is 11.6 Å². The molecule has 0 heterocycles. The van der Waals surface area contributed by atoms with Gasteiger partial charge in [-0.2, -0.15) is 0 Å². The van der Waals surface area contributed by atoms with E-state index < -0.39 is 0 Å². The lowest BCUT2D eigenvalue weighted by molar-refractivity contribution is 0.409. The number of halogens is 1. The fourth-order valence-corrected chi connectivity index (χ4v) is 2.32. The molecule has 2 aromatic rings. The Morgan fingerprint density at radius 2 is 1.94 bits per heavy atom. The van der Waals surface area contributed by atoms with Crippen molar-refractivity contribution in [1.29, 1.82) is 0 Å². The van der Waals surface area contributed by atoms with Crippen molar-refractivity contribution < 1.29 is 4.74 Å². The smallest absolute Gasteiger partial charge is 0.122 e. The molecule has 0 unspecified atom stereocenters. The van der Waals surface area contributed by atoms with Gasteiger partial charge in [0, 0.05) is 5.02 Å². The van der Waals surface area contributed by atoms with E-state index in [4.69, 9.17) is 22.1 Å². The first kappa shape index (κ1) is 13.2. The molecule has 18 heavy (non-hydrogen) atoms. The molecule has 2 aromatic carbocycles. The third kappa shape index (κ3) is 2.95. The summed E-state index contributed by atoms with van der Waals surface area (Å²) in [5.41, 5.74) is 6.75. The van der Waals surface area contributed by atoms with Gasteiger partial charge >= 0.3 is 0 Å². The molecule has 96 valence electrons. The first-order valence-corrected chi connectivity index (χ1v) is 6.58. The van der Waals surface area contributed by atoms with Gasteiger partial charge < -0.3 is 10.5 Å². The predicted octanol–water partition coefficient (Wildman–Crippen LogP) is 3.78. The SMILES string of the molecule is COc1cc2ccc(Cl)cc2cc1CCCCN. The highest BCUT2D eigenvalue weighted by Gasteiger charge is 2.06. The van der Waals surface area contributed by atoms with Crippen molar-refractivity contribution in [2.75, 3.05) is 13.7 Å². The topological polar surface area (TPSA) is 35.2 Å². The number of hydrogen-bond acceptors (Lipinski definition) is 2. The third-order valence-electron chi connectivity index (χ3n) is 3.10. The van der Waals surface area contributed by atoms with Gasteiger partial charge in [0.2, 0.25) is 0 Å². The molecule has 0 saturated heterocycles. The lowest BCUT2D eigenvalue weighted by Gasteiger charge is -2.10. The summed E-state index contributed by atoms with van der Waals surface area (Å²) < 4.78 is 5.45. The van der Waals surface area contributed by atoms with E-state index in [0.29, 0.717) is 0 Å². The van der Waals surface area contributed by atoms with E-state index in [1.54, 1.807) is 7.11 Å². The van der Waals surface area contributed by atoms with E-state index in [2.05, 4.69) is 12.1 Å². The minimum absolute atomic E-state index is 0.738. The fourth-order valence-electron chi connectivity index (χ4n) is 2.14. The van der Waals surface area contributed by atoms with Gasteiger partial charge in [-0.05, 0) is 66.4 Å². The van der Waals surface area contributed by atoms with Crippen molar-refractivity contribution in [3.05, 3.63) is 40.9 Å². The van der Waals surface area contributed by atoms with E-state index in [1.807, 2.05) is 18.2 Å². The van der Waals surface area contributed by atoms with Crippen molar-refractivity contribution in [2.45, 2.75) is 19.3 Å². The lowest BCUT2D eigenvalue weighted by Crippen LogP contribution is -2.00. The number of fused-ring (bicyclic) bond motifs is 1. The Kier molecular flexibility index (Phi) is 4.45. The minimum Gasteiger partial charge on any atom is -0.496 e. The molecule has 0 fully saturated rings. The molecular formula is C15H18ClNO. The summed E-state index contributed by atoms with van der Waals surface area (Å²) in [6, 6.07) is 10.1. The van der Waals surface area contributed by atoms with Crippen LogP contribution in [0, 0.1) is 0 Å². The molecule has 2 nitrogen and oxygen atoms in total. The molecular weight excluding hydrogens is 246 g/mol. The molecule has 0 bridgehead atoms. The number of rotatable bonds is 5. The molecule has 0 amide bonds. The van der Waals surface area contributed by atoms with Gasteiger partial charge in [-0.1, -0.05) is 17.7 Å². The molecule has 2 rings (SSSR count). The Morgan fingerprint density at radius 1 is 1.11 bits per heavy atom. The molecule has 0 aliphatic carbocycles. The Morgan fingerprint density at radius 3 is 2.67 bits per heavy atom. The summed E-state index contributed by atoms with van der Waals surface area (Å²) in [6.45, 7) is 0.738. The second-order valence-corrected chi connectivity index (χ2v) is 4.84. The molecule has 0 spiro atoms. The summed E-state index contributed by atoms with van der Waals surface area (Å²) >= 11 is 6.02. The number of nitrogens with two attached hydrogens (primary N) is 1. The van der Waals surface area contributed by atoms with Crippen LogP contribution in [0.25, 0.3) is 10.8 Å². The molecule has 0 aliphatic rings. The van der Waals surface area contributed by atoms with Gasteiger partial charge in [-0.15, -0.1) is 0 Å². The average Bonchev–Trinajstić information content (AvgIpc) is 2.38. The van der Waals surface area contributed by atoms with Gasteiger partial charge in [0.05, 0.1) is 7.11 Å².